The van der Waals surface area contributed by atoms with E-state index in [1.54, 1.807) is 58.0 Å². The zero-order chi connectivity index (χ0) is 103. The van der Waals surface area contributed by atoms with Crippen molar-refractivity contribution in [3.63, 3.8) is 0 Å². The maximum Gasteiger partial charge on any atom is 0.243 e. The van der Waals surface area contributed by atoms with Crippen LogP contribution in [0.1, 0.15) is 219 Å². The van der Waals surface area contributed by atoms with Crippen LogP contribution in [0.3, 0.4) is 0 Å². The number of hydrogen-bond acceptors (Lipinski definition) is 29. The smallest absolute Gasteiger partial charge is 0.243 e. The second-order valence-electron chi connectivity index (χ2n) is 38.7. The molecule has 43 nitrogen and oxygen atoms in total. The van der Waals surface area contributed by atoms with Gasteiger partial charge in [-0.3, -0.25) is 95.9 Å². The number of allylic oxidation sites excluding steroid dienone is 1. The molecule has 0 radical (unpaired) electrons. The average Bonchev–Trinajstić information content (AvgIpc) is 1.64. The van der Waals surface area contributed by atoms with Gasteiger partial charge >= 0.3 is 0 Å². The van der Waals surface area contributed by atoms with E-state index in [9.17, 15) is 95.9 Å². The first-order valence-electron chi connectivity index (χ1n) is 49.0. The van der Waals surface area contributed by atoms with Crippen LogP contribution in [0.4, 0.5) is 0 Å². The lowest BCUT2D eigenvalue weighted by Crippen LogP contribution is -2.67. The molecule has 7 rings (SSSR count). The van der Waals surface area contributed by atoms with Crippen LogP contribution in [-0.2, 0) is 109 Å². The van der Waals surface area contributed by atoms with Crippen LogP contribution in [0.15, 0.2) is 42.9 Å². The largest absolute Gasteiger partial charge is 0.370 e. The molecular formula is C96H153N23O20S. The van der Waals surface area contributed by atoms with E-state index in [2.05, 4.69) is 95.0 Å². The monoisotopic (exact) mass is 1980 g/mol. The van der Waals surface area contributed by atoms with Crippen LogP contribution >= 0.6 is 11.8 Å². The fraction of sp³-hybridized carbons (Fsp3) is 0.677. The van der Waals surface area contributed by atoms with Crippen molar-refractivity contribution in [2.24, 2.45) is 70.1 Å². The van der Waals surface area contributed by atoms with Gasteiger partial charge in [-0.15, -0.1) is 0 Å². The van der Waals surface area contributed by atoms with Crippen LogP contribution in [-0.4, -0.2) is 284 Å². The van der Waals surface area contributed by atoms with E-state index in [1.165, 1.54) is 31.2 Å². The van der Waals surface area contributed by atoms with Gasteiger partial charge in [-0.25, -0.2) is 4.98 Å². The van der Waals surface area contributed by atoms with Crippen molar-refractivity contribution in [3.05, 3.63) is 59.7 Å². The van der Waals surface area contributed by atoms with Gasteiger partial charge in [0.05, 0.1) is 54.0 Å². The van der Waals surface area contributed by atoms with Crippen molar-refractivity contribution < 1.29 is 95.9 Å². The number of Topliss-reactive ketones (excluding diaryl/α,β-unsaturated/α-hetero) is 6. The van der Waals surface area contributed by atoms with Gasteiger partial charge in [0.15, 0.2) is 34.7 Å². The first kappa shape index (κ1) is 118. The van der Waals surface area contributed by atoms with Gasteiger partial charge in [-0.1, -0.05) is 85.2 Å². The predicted molar refractivity (Wildman–Crippen MR) is 524 cm³/mol. The van der Waals surface area contributed by atoms with Gasteiger partial charge < -0.3 is 119 Å². The second-order valence-corrected chi connectivity index (χ2v) is 39.7. The molecule has 5 heterocycles. The number of fused-ring (bicyclic) bond motifs is 16. The topological polar surface area (TPSA) is 693 Å². The van der Waals surface area contributed by atoms with Crippen LogP contribution in [0, 0.1) is 41.4 Å². The molecule has 4 fully saturated rings. The quantitative estimate of drug-likeness (QED) is 0.0299. The Balaban J connectivity index is 1.11. The summed E-state index contributed by atoms with van der Waals surface area (Å²) in [6.07, 6.45) is 1.58. The number of rotatable bonds is 62. The molecule has 4 saturated heterocycles. The van der Waals surface area contributed by atoms with Crippen molar-refractivity contribution in [1.82, 2.24) is 95.0 Å². The Morgan fingerprint density at radius 3 is 1.59 bits per heavy atom. The fourth-order valence-electron chi connectivity index (χ4n) is 17.4. The molecule has 44 heteroatoms. The van der Waals surface area contributed by atoms with Crippen LogP contribution < -0.4 is 114 Å². The standard InChI is InChI=1S/C96H153N23O20S/c1-56(2)40-63(93(138)115-68(89(100)134)31-39-140-8)45-77(124)71(46-64-48-108-55-110-64)112-85(132)30-25-74(121)87(58(5)6)117-90(135)59(7)42-78(125)88(66-21-19-60-14-9-10-16-65(60)66)118-92(137)62(20-26-79(97)126)44-76(123)72(47-81(99)128)113-84(131)29-24-73(120)70(41-57(3)4)116-91(136)61(43-75(122)67(22-27-80(98)127)114-94(139)69-23-28-83(130)111-69)15-11-12-32-109-82(129)17-13-18-86(133)119-96-52-105-36-33-102-49-95(101,50-103-34-37-106-53-96)51-104-35-38-107-54-96/h9-10,14,16,21,48,55-59,61-63,67-72,87-88,102-107H,11-13,15,17-20,22-47,49-54,101H2,1-8H3,(H2,97,126)(H2,98,127)(H2,99,128)(H2,100,134)(H,108,110)(H,109,129)(H,111,130)(H,112,132)(H,113,131)(H,114,139)(H,115,138)(H,116,136)(H,117,135)(H,118,137)(H,119,133)/t59-,61-,62-,63-,67+,68+,69+,70+,71+,72+,87+,88+,95?,96?/m1/s1. The molecule has 1 aliphatic carbocycles. The summed E-state index contributed by atoms with van der Waals surface area (Å²) in [5, 5.41) is 48.2. The summed E-state index contributed by atoms with van der Waals surface area (Å²) in [7, 11) is 0. The SMILES string of the molecule is CSCC[C@H](NC(=O)[C@@H](CC(=O)[C@H](Cc1cnc[nH]1)NC(=O)CCC(=O)[C@@H](NC(=O)[C@H](C)CC(=O)[C@@H](NC(=O)[C@H](CCC(N)=O)CC(=O)[C@H](CC(N)=O)NC(=O)CCC(=O)[C@H](CC(C)C)NC(=O)[C@H](CCCCNC(=O)CCCC(=O)NC12CNCCNCC(N)(CNCCNC1)CNCCNC2)CC(=O)[C@H](CCC(N)=O)NC(=O)[C@@H]1CCC(=O)N1)C1=CCc2ccccc21)C(C)C)CC(C)C)C(N)=O. The van der Waals surface area contributed by atoms with E-state index in [0.717, 1.165) is 5.56 Å². The minimum atomic E-state index is -1.74. The highest BCUT2D eigenvalue weighted by atomic mass is 32.2. The Bertz CT molecular complexity index is 4540. The number of nitrogens with two attached hydrogens (primary N) is 5. The number of benzene rings is 1. The number of unbranched alkanes of at least 4 members (excludes halogenated alkanes) is 1. The number of amides is 14. The number of hydrogen-bond donors (Lipinski definition) is 22. The summed E-state index contributed by atoms with van der Waals surface area (Å²) < 4.78 is 0. The summed E-state index contributed by atoms with van der Waals surface area (Å²) in [6.45, 7) is 19.1. The molecule has 2 bridgehead atoms. The predicted octanol–water partition coefficient (Wildman–Crippen LogP) is -2.75. The molecule has 0 spiro atoms. The molecule has 4 aliphatic heterocycles. The summed E-state index contributed by atoms with van der Waals surface area (Å²) in [5.41, 5.74) is 30.1. The average molecular weight is 1980 g/mol. The summed E-state index contributed by atoms with van der Waals surface area (Å²) >= 11 is 1.46. The first-order valence-corrected chi connectivity index (χ1v) is 50.4. The number of nitrogens with one attached hydrogen (secondary N) is 17. The number of ketones is 6. The Hall–Kier alpha value is -11.2. The van der Waals surface area contributed by atoms with Crippen molar-refractivity contribution >= 4 is 135 Å². The molecule has 1 aromatic carbocycles. The van der Waals surface area contributed by atoms with Crippen LogP contribution in [0.5, 0.6) is 0 Å². The van der Waals surface area contributed by atoms with Gasteiger partial charge in [-0.2, -0.15) is 11.8 Å². The first-order chi connectivity index (χ1) is 66.5. The summed E-state index contributed by atoms with van der Waals surface area (Å²) in [6, 6.07) is -3.26. The third-order valence-electron chi connectivity index (χ3n) is 25.2. The third-order valence-corrected chi connectivity index (χ3v) is 25.8. The van der Waals surface area contributed by atoms with Crippen molar-refractivity contribution in [2.45, 2.75) is 275 Å². The summed E-state index contributed by atoms with van der Waals surface area (Å²) in [5.74, 6) is -19.1. The third kappa shape index (κ3) is 42.7. The Kier molecular flexibility index (Phi) is 51.1. The normalized spacial score (nSPS) is 19.2. The lowest BCUT2D eigenvalue weighted by molar-refractivity contribution is -0.135. The van der Waals surface area contributed by atoms with E-state index in [1.807, 2.05) is 20.1 Å². The minimum Gasteiger partial charge on any atom is -0.370 e. The molecule has 0 unspecified atom stereocenters. The number of carbonyl (C=O) groups is 20. The molecule has 1 aromatic heterocycles. The molecule has 14 amide bonds. The second kappa shape index (κ2) is 60.9. The Morgan fingerprint density at radius 2 is 1.03 bits per heavy atom. The van der Waals surface area contributed by atoms with Crippen LogP contribution in [0.25, 0.3) is 5.57 Å². The molecule has 27 N–H and O–H groups in total. The zero-order valence-electron chi connectivity index (χ0n) is 82.4. The number of aromatic amines is 1. The molecular weight excluding hydrogens is 1830 g/mol. The van der Waals surface area contributed by atoms with Gasteiger partial charge in [0.2, 0.25) is 82.7 Å². The molecule has 0 saturated carbocycles. The minimum absolute atomic E-state index is 0.00782. The summed E-state index contributed by atoms with van der Waals surface area (Å²) in [4.78, 5) is 282. The number of thioether (sulfide) groups is 1. The molecule has 140 heavy (non-hydrogen) atoms. The number of H-pyrrole nitrogens is 1. The van der Waals surface area contributed by atoms with Gasteiger partial charge in [0.25, 0.3) is 0 Å². The number of nitrogens with zero attached hydrogens (tertiary/aromatic N) is 1. The van der Waals surface area contributed by atoms with Gasteiger partial charge in [0, 0.05) is 211 Å². The van der Waals surface area contributed by atoms with Gasteiger partial charge in [0.1, 0.15) is 18.1 Å². The fourth-order valence-corrected chi connectivity index (χ4v) is 17.9. The lowest BCUT2D eigenvalue weighted by Gasteiger charge is -2.37. The van der Waals surface area contributed by atoms with E-state index in [-0.39, 0.29) is 132 Å². The van der Waals surface area contributed by atoms with E-state index < -0.39 is 253 Å². The number of imidazole rings is 1. The van der Waals surface area contributed by atoms with E-state index in [0.29, 0.717) is 108 Å². The number of primary amides is 4. The van der Waals surface area contributed by atoms with Gasteiger partial charge in [-0.05, 0) is 111 Å². The highest BCUT2D eigenvalue weighted by Gasteiger charge is 2.41. The lowest BCUT2D eigenvalue weighted by atomic mass is 9.88. The molecule has 5 aliphatic rings. The van der Waals surface area contributed by atoms with Crippen molar-refractivity contribution in [2.75, 3.05) is 97.1 Å². The zero-order valence-corrected chi connectivity index (χ0v) is 83.2. The molecule has 12 atom stereocenters. The Morgan fingerprint density at radius 1 is 0.486 bits per heavy atom. The molecule has 778 valence electrons. The van der Waals surface area contributed by atoms with Crippen molar-refractivity contribution in [3.8, 4) is 0 Å². The maximum atomic E-state index is 15.0. The van der Waals surface area contributed by atoms with E-state index >= 15 is 0 Å². The highest BCUT2D eigenvalue weighted by Crippen LogP contribution is 2.33. The number of aromatic nitrogens is 2. The van der Waals surface area contributed by atoms with Crippen molar-refractivity contribution in [1.29, 1.82) is 0 Å². The maximum absolute atomic E-state index is 15.0. The van der Waals surface area contributed by atoms with E-state index in [4.69, 9.17) is 28.7 Å². The Labute approximate surface area is 823 Å². The highest BCUT2D eigenvalue weighted by molar-refractivity contribution is 7.98. The van der Waals surface area contributed by atoms with Crippen LogP contribution in [0.2, 0.25) is 0 Å². The number of carbonyl (C=O) groups excluding carboxylic acids is 20. The molecule has 2 aromatic rings.